The molecule has 0 saturated heterocycles. The van der Waals surface area contributed by atoms with Crippen LogP contribution in [0.25, 0.3) is 0 Å². The number of halogens is 2. The second-order valence-corrected chi connectivity index (χ2v) is 2.35. The molecule has 0 N–H and O–H groups in total. The molecule has 9 heavy (non-hydrogen) atoms. The fourth-order valence-electron chi connectivity index (χ4n) is 0.233. The minimum absolute atomic E-state index is 0.103. The highest BCUT2D eigenvalue weighted by molar-refractivity contribution is 9.11. The van der Waals surface area contributed by atoms with Crippen LogP contribution < -0.4 is 0 Å². The summed E-state index contributed by atoms with van der Waals surface area (Å²) in [6.07, 6.45) is 3.00. The van der Waals surface area contributed by atoms with E-state index in [1.165, 1.54) is 19.1 Å². The molecule has 0 atom stereocenters. The Morgan fingerprint density at radius 1 is 1.56 bits per heavy atom. The van der Waals surface area contributed by atoms with Gasteiger partial charge in [0.15, 0.2) is 5.78 Å². The molecule has 1 nitrogen and oxygen atoms in total. The van der Waals surface area contributed by atoms with Gasteiger partial charge in [0.05, 0.1) is 0 Å². The third-order valence-electron chi connectivity index (χ3n) is 0.581. The van der Waals surface area contributed by atoms with Crippen molar-refractivity contribution in [1.82, 2.24) is 0 Å². The van der Waals surface area contributed by atoms with Crippen LogP contribution in [0.3, 0.4) is 0 Å². The fraction of sp³-hybridized carbons (Fsp3) is 0.167. The van der Waals surface area contributed by atoms with Crippen molar-refractivity contribution in [2.75, 3.05) is 0 Å². The first kappa shape index (κ1) is 8.56. The molecule has 0 aliphatic carbocycles. The Bertz CT molecular complexity index is 160. The van der Waals surface area contributed by atoms with Crippen molar-refractivity contribution in [2.45, 2.75) is 6.92 Å². The van der Waals surface area contributed by atoms with Gasteiger partial charge in [-0.15, -0.1) is 0 Å². The highest BCUT2D eigenvalue weighted by Crippen LogP contribution is 2.05. The molecule has 0 radical (unpaired) electrons. The number of allylic oxidation sites excluding steroid dienone is 3. The minimum Gasteiger partial charge on any atom is -0.295 e. The summed E-state index contributed by atoms with van der Waals surface area (Å²) in [6.45, 7) is 1.40. The van der Waals surface area contributed by atoms with Gasteiger partial charge in [0.1, 0.15) is 6.33 Å². The van der Waals surface area contributed by atoms with E-state index in [1.54, 1.807) is 0 Å². The molecule has 0 saturated carbocycles. The number of hydrogen-bond donors (Lipinski definition) is 0. The minimum atomic E-state index is -0.103. The smallest absolute Gasteiger partial charge is 0.152 e. The lowest BCUT2D eigenvalue weighted by molar-refractivity contribution is -0.112. The maximum absolute atomic E-state index is 11.5. The third kappa shape index (κ3) is 5.43. The van der Waals surface area contributed by atoms with Crippen molar-refractivity contribution in [3.8, 4) is 0 Å². The van der Waals surface area contributed by atoms with Crippen molar-refractivity contribution in [1.29, 1.82) is 0 Å². The van der Waals surface area contributed by atoms with E-state index in [0.29, 0.717) is 6.33 Å². The second-order valence-electron chi connectivity index (χ2n) is 1.44. The highest BCUT2D eigenvalue weighted by atomic mass is 79.9. The lowest BCUT2D eigenvalue weighted by Crippen LogP contribution is -1.78. The molecule has 0 heterocycles. The van der Waals surface area contributed by atoms with Crippen LogP contribution in [0.15, 0.2) is 23.0 Å². The molecule has 0 unspecified atom stereocenters. The molecule has 50 valence electrons. The Labute approximate surface area is 61.4 Å². The quantitative estimate of drug-likeness (QED) is 0.485. The molecule has 0 bridgehead atoms. The van der Waals surface area contributed by atoms with Gasteiger partial charge in [-0.3, -0.25) is 4.79 Å². The van der Waals surface area contributed by atoms with E-state index in [0.717, 1.165) is 0 Å². The molecular weight excluding hydrogens is 187 g/mol. The molecule has 0 fully saturated rings. The van der Waals surface area contributed by atoms with Crippen LogP contribution in [0, 0.1) is 0 Å². The van der Waals surface area contributed by atoms with Gasteiger partial charge in [0, 0.05) is 4.48 Å². The Balaban J connectivity index is 3.86. The van der Waals surface area contributed by atoms with Gasteiger partial charge < -0.3 is 0 Å². The first-order valence-electron chi connectivity index (χ1n) is 2.31. The molecule has 0 amide bonds. The van der Waals surface area contributed by atoms with E-state index in [4.69, 9.17) is 0 Å². The summed E-state index contributed by atoms with van der Waals surface area (Å²) < 4.78 is 11.7. The topological polar surface area (TPSA) is 17.1 Å². The van der Waals surface area contributed by atoms with Crippen molar-refractivity contribution in [3.63, 3.8) is 0 Å². The zero-order valence-electron chi connectivity index (χ0n) is 4.90. The summed E-state index contributed by atoms with van der Waals surface area (Å²) in [4.78, 5) is 10.2. The van der Waals surface area contributed by atoms with Crippen LogP contribution in [0.5, 0.6) is 0 Å². The molecule has 0 spiro atoms. The summed E-state index contributed by atoms with van der Waals surface area (Å²) in [5, 5.41) is 0. The lowest BCUT2D eigenvalue weighted by Gasteiger charge is -1.79. The standard InChI is InChI=1S/C6H6BrFO/c1-5(9)2-3-6(7)4-8/h2-4H,1H3/b3-2+,6-4-. The molecule has 0 aliphatic heterocycles. The average Bonchev–Trinajstić information content (AvgIpc) is 1.83. The molecule has 0 aromatic carbocycles. The third-order valence-corrected chi connectivity index (χ3v) is 1.02. The monoisotopic (exact) mass is 192 g/mol. The normalized spacial score (nSPS) is 12.6. The summed E-state index contributed by atoms with van der Waals surface area (Å²) in [5.74, 6) is -0.103. The van der Waals surface area contributed by atoms with Gasteiger partial charge in [-0.1, -0.05) is 0 Å². The van der Waals surface area contributed by atoms with Crippen molar-refractivity contribution in [3.05, 3.63) is 23.0 Å². The van der Waals surface area contributed by atoms with Gasteiger partial charge in [0.25, 0.3) is 0 Å². The first-order chi connectivity index (χ1) is 4.16. The van der Waals surface area contributed by atoms with E-state index in [9.17, 15) is 9.18 Å². The van der Waals surface area contributed by atoms with Gasteiger partial charge in [-0.2, -0.15) is 0 Å². The molecule has 0 rings (SSSR count). The van der Waals surface area contributed by atoms with Crippen molar-refractivity contribution < 1.29 is 9.18 Å². The zero-order chi connectivity index (χ0) is 7.28. The number of hydrogen-bond acceptors (Lipinski definition) is 1. The van der Waals surface area contributed by atoms with Crippen LogP contribution in [-0.4, -0.2) is 5.78 Å². The van der Waals surface area contributed by atoms with E-state index >= 15 is 0 Å². The summed E-state index contributed by atoms with van der Waals surface area (Å²) in [5.41, 5.74) is 0. The molecule has 3 heteroatoms. The van der Waals surface area contributed by atoms with Crippen LogP contribution in [0.4, 0.5) is 4.39 Å². The van der Waals surface area contributed by atoms with Gasteiger partial charge in [0.2, 0.25) is 0 Å². The maximum Gasteiger partial charge on any atom is 0.152 e. The first-order valence-corrected chi connectivity index (χ1v) is 3.10. The van der Waals surface area contributed by atoms with E-state index in [2.05, 4.69) is 15.9 Å². The number of rotatable bonds is 2. The van der Waals surface area contributed by atoms with Crippen LogP contribution >= 0.6 is 15.9 Å². The van der Waals surface area contributed by atoms with Gasteiger partial charge in [-0.05, 0) is 35.0 Å². The largest absolute Gasteiger partial charge is 0.295 e. The molecule has 0 aliphatic rings. The predicted molar refractivity (Wildman–Crippen MR) is 37.9 cm³/mol. The highest BCUT2D eigenvalue weighted by Gasteiger charge is 1.83. The van der Waals surface area contributed by atoms with Crippen LogP contribution in [-0.2, 0) is 4.79 Å². The summed E-state index contributed by atoms with van der Waals surface area (Å²) >= 11 is 2.85. The molecular formula is C6H6BrFO. The lowest BCUT2D eigenvalue weighted by atomic mass is 10.4. The SMILES string of the molecule is CC(=O)/C=C/C(Br)=C/F. The van der Waals surface area contributed by atoms with Gasteiger partial charge in [-0.25, -0.2) is 4.39 Å². The number of carbonyl (C=O) groups is 1. The molecule has 0 aromatic heterocycles. The fourth-order valence-corrected chi connectivity index (χ4v) is 0.365. The van der Waals surface area contributed by atoms with Crippen molar-refractivity contribution in [2.24, 2.45) is 0 Å². The Hall–Kier alpha value is -0.440. The second kappa shape index (κ2) is 4.44. The van der Waals surface area contributed by atoms with E-state index in [1.807, 2.05) is 0 Å². The number of ketones is 1. The molecule has 0 aromatic rings. The average molecular weight is 193 g/mol. The van der Waals surface area contributed by atoms with E-state index in [-0.39, 0.29) is 10.3 Å². The Kier molecular flexibility index (Phi) is 4.22. The zero-order valence-corrected chi connectivity index (χ0v) is 6.48. The summed E-state index contributed by atoms with van der Waals surface area (Å²) in [7, 11) is 0. The predicted octanol–water partition coefficient (Wildman–Crippen LogP) is 2.34. The Morgan fingerprint density at radius 2 is 2.11 bits per heavy atom. The van der Waals surface area contributed by atoms with Crippen LogP contribution in [0.1, 0.15) is 6.92 Å². The van der Waals surface area contributed by atoms with Crippen molar-refractivity contribution >= 4 is 21.7 Å². The summed E-state index contributed by atoms with van der Waals surface area (Å²) in [6, 6.07) is 0. The van der Waals surface area contributed by atoms with Crippen LogP contribution in [0.2, 0.25) is 0 Å². The maximum atomic E-state index is 11.5. The number of carbonyl (C=O) groups excluding carboxylic acids is 1. The van der Waals surface area contributed by atoms with E-state index < -0.39 is 0 Å². The van der Waals surface area contributed by atoms with Gasteiger partial charge >= 0.3 is 0 Å². The Morgan fingerprint density at radius 3 is 2.44 bits per heavy atom.